The van der Waals surface area contributed by atoms with Crippen molar-refractivity contribution < 1.29 is 8.66 Å². The summed E-state index contributed by atoms with van der Waals surface area (Å²) in [5, 5.41) is 0. The first kappa shape index (κ1) is 7.06. The summed E-state index contributed by atoms with van der Waals surface area (Å²) < 4.78 is 9.17. The third-order valence-corrected chi connectivity index (χ3v) is 0.851. The molecule has 0 saturated carbocycles. The first-order valence-electron chi connectivity index (χ1n) is 2.94. The fraction of sp³-hybridized carbons (Fsp3) is 0. The Labute approximate surface area is 60.4 Å². The van der Waals surface area contributed by atoms with Gasteiger partial charge in [-0.15, -0.1) is 0 Å². The van der Waals surface area contributed by atoms with Crippen LogP contribution < -0.4 is 0 Å². The summed E-state index contributed by atoms with van der Waals surface area (Å²) in [6.45, 7) is 0. The predicted octanol–water partition coefficient (Wildman–Crippen LogP) is 1.24. The number of hydrogen-bond acceptors (Lipinski definition) is 2. The molecule has 48 valence electrons. The molecule has 0 unspecified atom stereocenters. The van der Waals surface area contributed by atoms with Gasteiger partial charge in [0.05, 0.1) is 0 Å². The summed E-state index contributed by atoms with van der Waals surface area (Å²) in [7, 11) is 3.25. The Balaban J connectivity index is 0.0000001000. The zero-order valence-corrected chi connectivity index (χ0v) is 5.44. The van der Waals surface area contributed by atoms with E-state index in [1.807, 2.05) is 24.1 Å². The molecule has 0 aromatic carbocycles. The van der Waals surface area contributed by atoms with Crippen molar-refractivity contribution in [2.75, 3.05) is 0 Å². The first-order chi connectivity index (χ1) is 5.00. The minimum absolute atomic E-state index is 1.62. The SMILES string of the molecule is b1ccco1.b1ccco1. The first-order valence-corrected chi connectivity index (χ1v) is 2.94. The zero-order valence-electron chi connectivity index (χ0n) is 5.44. The Hall–Kier alpha value is -1.05. The van der Waals surface area contributed by atoms with Gasteiger partial charge in [-0.1, -0.05) is 0 Å². The van der Waals surface area contributed by atoms with E-state index in [1.165, 1.54) is 0 Å². The van der Waals surface area contributed by atoms with Crippen molar-refractivity contribution >= 4 is 14.3 Å². The van der Waals surface area contributed by atoms with Gasteiger partial charge in [-0.05, 0) is 0 Å². The van der Waals surface area contributed by atoms with Crippen LogP contribution in [0.1, 0.15) is 0 Å². The zero-order chi connectivity index (χ0) is 7.07. The van der Waals surface area contributed by atoms with E-state index >= 15 is 0 Å². The van der Waals surface area contributed by atoms with E-state index in [4.69, 9.17) is 0 Å². The molecule has 0 radical (unpaired) electrons. The van der Waals surface area contributed by atoms with Crippen LogP contribution in [0.2, 0.25) is 0 Å². The summed E-state index contributed by atoms with van der Waals surface area (Å²) >= 11 is 0. The standard InChI is InChI=1S/2C3H3BO/c2*1-2-4-5-3-1/h2*1-3H. The van der Waals surface area contributed by atoms with E-state index in [1.54, 1.807) is 26.8 Å². The second-order valence-electron chi connectivity index (χ2n) is 1.59. The molecule has 0 atom stereocenters. The van der Waals surface area contributed by atoms with Gasteiger partial charge in [-0.2, -0.15) is 0 Å². The molecule has 10 heavy (non-hydrogen) atoms. The van der Waals surface area contributed by atoms with Gasteiger partial charge in [0.25, 0.3) is 0 Å². The maximum absolute atomic E-state index is 4.58. The van der Waals surface area contributed by atoms with E-state index in [9.17, 15) is 0 Å². The van der Waals surface area contributed by atoms with Gasteiger partial charge in [-0.3, -0.25) is 0 Å². The van der Waals surface area contributed by atoms with Crippen molar-refractivity contribution in [2.24, 2.45) is 0 Å². The molecule has 0 aliphatic rings. The minimum atomic E-state index is 1.62. The van der Waals surface area contributed by atoms with Crippen molar-refractivity contribution in [1.82, 2.24) is 0 Å². The topological polar surface area (TPSA) is 26.3 Å². The maximum atomic E-state index is 4.58. The van der Waals surface area contributed by atoms with Crippen LogP contribution in [0.3, 0.4) is 0 Å². The molecule has 2 heterocycles. The average molecular weight is 132 g/mol. The van der Waals surface area contributed by atoms with Crippen molar-refractivity contribution in [1.29, 1.82) is 0 Å². The molecule has 2 rings (SSSR count). The molecule has 0 saturated heterocycles. The predicted molar refractivity (Wildman–Crippen MR) is 40.1 cm³/mol. The molecular formula is C6H6B2O2. The molecule has 0 amide bonds. The molecule has 2 aromatic heterocycles. The van der Waals surface area contributed by atoms with Gasteiger partial charge in [0.2, 0.25) is 0 Å². The van der Waals surface area contributed by atoms with Crippen LogP contribution in [0.5, 0.6) is 0 Å². The van der Waals surface area contributed by atoms with Gasteiger partial charge in [0, 0.05) is 0 Å². The Morgan fingerprint density at radius 3 is 1.40 bits per heavy atom. The van der Waals surface area contributed by atoms with Crippen LogP contribution in [0, 0.1) is 0 Å². The van der Waals surface area contributed by atoms with E-state index < -0.39 is 0 Å². The summed E-state index contributed by atoms with van der Waals surface area (Å²) in [4.78, 5) is 0. The molecule has 2 nitrogen and oxygen atoms in total. The third kappa shape index (κ3) is 3.07. The van der Waals surface area contributed by atoms with Crippen LogP contribution in [-0.2, 0) is 0 Å². The average Bonchev–Trinajstić information content (AvgIpc) is 2.67. The molecule has 2 aromatic rings. The Morgan fingerprint density at radius 1 is 0.800 bits per heavy atom. The molecule has 0 aliphatic carbocycles. The normalized spacial score (nSPS) is 7.20. The number of rotatable bonds is 0. The van der Waals surface area contributed by atoms with Gasteiger partial charge in [-0.25, -0.2) is 0 Å². The fourth-order valence-electron chi connectivity index (χ4n) is 0.454. The van der Waals surface area contributed by atoms with Crippen LogP contribution in [0.15, 0.2) is 45.2 Å². The van der Waals surface area contributed by atoms with Gasteiger partial charge < -0.3 is 0 Å². The molecule has 0 bridgehead atoms. The molecule has 0 fully saturated rings. The second-order valence-corrected chi connectivity index (χ2v) is 1.59. The summed E-state index contributed by atoms with van der Waals surface area (Å²) in [6, 6.07) is 3.67. The molecule has 0 spiro atoms. The summed E-state index contributed by atoms with van der Waals surface area (Å²) in [6.07, 6.45) is 3.25. The van der Waals surface area contributed by atoms with Gasteiger partial charge in [0.1, 0.15) is 0 Å². The summed E-state index contributed by atoms with van der Waals surface area (Å²) in [5.41, 5.74) is 0. The monoisotopic (exact) mass is 132 g/mol. The van der Waals surface area contributed by atoms with E-state index in [0.717, 1.165) is 0 Å². The van der Waals surface area contributed by atoms with Crippen molar-refractivity contribution in [2.45, 2.75) is 0 Å². The summed E-state index contributed by atoms with van der Waals surface area (Å²) in [5.74, 6) is 3.67. The van der Waals surface area contributed by atoms with Crippen LogP contribution >= 0.6 is 0 Å². The Bertz CT molecular complexity index is 153. The molecule has 0 N–H and O–H groups in total. The van der Waals surface area contributed by atoms with Crippen molar-refractivity contribution in [3.8, 4) is 0 Å². The van der Waals surface area contributed by atoms with Gasteiger partial charge in [0.15, 0.2) is 0 Å². The van der Waals surface area contributed by atoms with E-state index in [0.29, 0.717) is 0 Å². The third-order valence-electron chi connectivity index (χ3n) is 0.851. The van der Waals surface area contributed by atoms with Crippen molar-refractivity contribution in [3.63, 3.8) is 0 Å². The quantitative estimate of drug-likeness (QED) is 0.538. The molecule has 0 aliphatic heterocycles. The van der Waals surface area contributed by atoms with Crippen LogP contribution in [-0.4, -0.2) is 14.3 Å². The van der Waals surface area contributed by atoms with E-state index in [2.05, 4.69) is 8.66 Å². The van der Waals surface area contributed by atoms with Crippen molar-refractivity contribution in [3.05, 3.63) is 36.6 Å². The number of hydrogen-bond donors (Lipinski definition) is 0. The van der Waals surface area contributed by atoms with Crippen LogP contribution in [0.25, 0.3) is 0 Å². The van der Waals surface area contributed by atoms with Gasteiger partial charge >= 0.3 is 59.5 Å². The Kier molecular flexibility index (Phi) is 3.39. The van der Waals surface area contributed by atoms with Crippen LogP contribution in [0.4, 0.5) is 0 Å². The Morgan fingerprint density at radius 2 is 1.30 bits per heavy atom. The molecular weight excluding hydrogens is 126 g/mol. The van der Waals surface area contributed by atoms with E-state index in [-0.39, 0.29) is 0 Å². The second kappa shape index (κ2) is 4.79. The molecule has 4 heteroatoms. The fourth-order valence-corrected chi connectivity index (χ4v) is 0.454.